The Bertz CT molecular complexity index is 366. The van der Waals surface area contributed by atoms with Crippen LogP contribution in [0.15, 0.2) is 0 Å². The molecule has 0 radical (unpaired) electrons. The van der Waals surface area contributed by atoms with E-state index in [2.05, 4.69) is 10.6 Å². The van der Waals surface area contributed by atoms with Crippen molar-refractivity contribution in [1.82, 2.24) is 15.5 Å². The van der Waals surface area contributed by atoms with Gasteiger partial charge in [-0.2, -0.15) is 0 Å². The van der Waals surface area contributed by atoms with Crippen molar-refractivity contribution in [3.63, 3.8) is 0 Å². The predicted octanol–water partition coefficient (Wildman–Crippen LogP) is -0.362. The molecule has 1 fully saturated rings. The van der Waals surface area contributed by atoms with E-state index in [9.17, 15) is 14.4 Å². The van der Waals surface area contributed by atoms with E-state index in [1.165, 1.54) is 4.90 Å². The first-order valence-corrected chi connectivity index (χ1v) is 6.17. The second-order valence-corrected chi connectivity index (χ2v) is 5.08. The molecule has 18 heavy (non-hydrogen) atoms. The van der Waals surface area contributed by atoms with Crippen LogP contribution in [0.5, 0.6) is 0 Å². The molecule has 6 nitrogen and oxygen atoms in total. The lowest BCUT2D eigenvalue weighted by atomic mass is 9.97. The highest BCUT2D eigenvalue weighted by Gasteiger charge is 2.43. The maximum Gasteiger partial charge on any atom is 0.252 e. The summed E-state index contributed by atoms with van der Waals surface area (Å²) in [7, 11) is 0. The number of hydrogen-bond donors (Lipinski definition) is 2. The first kappa shape index (κ1) is 14.6. The van der Waals surface area contributed by atoms with Gasteiger partial charge >= 0.3 is 0 Å². The van der Waals surface area contributed by atoms with Crippen LogP contribution in [0.4, 0.5) is 0 Å². The van der Waals surface area contributed by atoms with Gasteiger partial charge < -0.3 is 10.2 Å². The Morgan fingerprint density at radius 3 is 2.67 bits per heavy atom. The maximum atomic E-state index is 12.1. The van der Waals surface area contributed by atoms with E-state index in [1.54, 1.807) is 13.8 Å². The normalized spacial score (nSPS) is 20.6. The van der Waals surface area contributed by atoms with Crippen molar-refractivity contribution in [2.24, 2.45) is 0 Å². The lowest BCUT2D eigenvalue weighted by Crippen LogP contribution is -2.65. The molecule has 6 heteroatoms. The number of rotatable bonds is 4. The van der Waals surface area contributed by atoms with Gasteiger partial charge in [-0.3, -0.25) is 19.7 Å². The first-order valence-electron chi connectivity index (χ1n) is 6.17. The Morgan fingerprint density at radius 2 is 2.11 bits per heavy atom. The number of imide groups is 1. The number of hydrogen-bond acceptors (Lipinski definition) is 4. The molecular formula is C12H21N3O3. The summed E-state index contributed by atoms with van der Waals surface area (Å²) < 4.78 is 0. The molecule has 0 aromatic carbocycles. The molecule has 0 aromatic heterocycles. The molecule has 102 valence electrons. The SMILES string of the molecule is CCNC(C)CC(=O)N1CC(=O)NC(=O)C1(C)C. The number of carbonyl (C=O) groups is 3. The highest BCUT2D eigenvalue weighted by molar-refractivity contribution is 6.06. The molecule has 3 amide bonds. The summed E-state index contributed by atoms with van der Waals surface area (Å²) in [6.07, 6.45) is 0.276. The lowest BCUT2D eigenvalue weighted by molar-refractivity contribution is -0.155. The summed E-state index contributed by atoms with van der Waals surface area (Å²) >= 11 is 0. The topological polar surface area (TPSA) is 78.5 Å². The number of piperazine rings is 1. The zero-order valence-corrected chi connectivity index (χ0v) is 11.4. The van der Waals surface area contributed by atoms with Crippen LogP contribution in [0, 0.1) is 0 Å². The van der Waals surface area contributed by atoms with Crippen LogP contribution < -0.4 is 10.6 Å². The van der Waals surface area contributed by atoms with E-state index in [4.69, 9.17) is 0 Å². The van der Waals surface area contributed by atoms with Crippen molar-refractivity contribution in [2.75, 3.05) is 13.1 Å². The average Bonchev–Trinajstić information content (AvgIpc) is 2.23. The third-order valence-corrected chi connectivity index (χ3v) is 3.12. The van der Waals surface area contributed by atoms with E-state index in [0.29, 0.717) is 0 Å². The Morgan fingerprint density at radius 1 is 1.50 bits per heavy atom. The highest BCUT2D eigenvalue weighted by atomic mass is 16.2. The van der Waals surface area contributed by atoms with Crippen LogP contribution >= 0.6 is 0 Å². The third-order valence-electron chi connectivity index (χ3n) is 3.12. The second kappa shape index (κ2) is 5.48. The van der Waals surface area contributed by atoms with Crippen molar-refractivity contribution in [3.05, 3.63) is 0 Å². The Kier molecular flexibility index (Phi) is 4.45. The molecule has 1 heterocycles. The fourth-order valence-electron chi connectivity index (χ4n) is 1.98. The summed E-state index contributed by atoms with van der Waals surface area (Å²) in [6, 6.07) is 0.0263. The summed E-state index contributed by atoms with van der Waals surface area (Å²) in [5, 5.41) is 5.38. The largest absolute Gasteiger partial charge is 0.319 e. The summed E-state index contributed by atoms with van der Waals surface area (Å²) in [5.41, 5.74) is -0.975. The predicted molar refractivity (Wildman–Crippen MR) is 66.7 cm³/mol. The second-order valence-electron chi connectivity index (χ2n) is 5.08. The molecular weight excluding hydrogens is 234 g/mol. The molecule has 0 saturated carbocycles. The van der Waals surface area contributed by atoms with Crippen molar-refractivity contribution >= 4 is 17.7 Å². The van der Waals surface area contributed by atoms with Crippen LogP contribution in [-0.2, 0) is 14.4 Å². The monoisotopic (exact) mass is 255 g/mol. The highest BCUT2D eigenvalue weighted by Crippen LogP contribution is 2.19. The molecule has 1 aliphatic heterocycles. The van der Waals surface area contributed by atoms with Crippen LogP contribution in [0.2, 0.25) is 0 Å². The van der Waals surface area contributed by atoms with E-state index >= 15 is 0 Å². The molecule has 1 unspecified atom stereocenters. The minimum Gasteiger partial charge on any atom is -0.319 e. The molecule has 0 aliphatic carbocycles. The Hall–Kier alpha value is -1.43. The molecule has 0 aromatic rings. The van der Waals surface area contributed by atoms with E-state index in [1.807, 2.05) is 13.8 Å². The molecule has 0 bridgehead atoms. The van der Waals surface area contributed by atoms with Gasteiger partial charge in [-0.25, -0.2) is 0 Å². The molecule has 1 saturated heterocycles. The van der Waals surface area contributed by atoms with Gasteiger partial charge in [0.05, 0.1) is 0 Å². The third kappa shape index (κ3) is 3.07. The maximum absolute atomic E-state index is 12.1. The molecule has 2 N–H and O–H groups in total. The summed E-state index contributed by atoms with van der Waals surface area (Å²) in [4.78, 5) is 36.6. The smallest absolute Gasteiger partial charge is 0.252 e. The van der Waals surface area contributed by atoms with Gasteiger partial charge in [0.2, 0.25) is 11.8 Å². The van der Waals surface area contributed by atoms with E-state index in [0.717, 1.165) is 6.54 Å². The Labute approximate surface area is 107 Å². The van der Waals surface area contributed by atoms with Gasteiger partial charge in [-0.05, 0) is 27.3 Å². The van der Waals surface area contributed by atoms with Crippen molar-refractivity contribution in [3.8, 4) is 0 Å². The van der Waals surface area contributed by atoms with Crippen LogP contribution in [0.3, 0.4) is 0 Å². The van der Waals surface area contributed by atoms with Crippen LogP contribution in [0.25, 0.3) is 0 Å². The van der Waals surface area contributed by atoms with Crippen LogP contribution in [0.1, 0.15) is 34.1 Å². The zero-order chi connectivity index (χ0) is 13.9. The minimum atomic E-state index is -0.975. The van der Waals surface area contributed by atoms with Gasteiger partial charge in [-0.15, -0.1) is 0 Å². The summed E-state index contributed by atoms with van der Waals surface area (Å²) in [6.45, 7) is 7.87. The van der Waals surface area contributed by atoms with Crippen molar-refractivity contribution in [1.29, 1.82) is 0 Å². The fourth-order valence-corrected chi connectivity index (χ4v) is 1.98. The summed E-state index contributed by atoms with van der Waals surface area (Å²) in [5.74, 6) is -1.04. The zero-order valence-electron chi connectivity index (χ0n) is 11.4. The van der Waals surface area contributed by atoms with Gasteiger partial charge in [0, 0.05) is 12.5 Å². The van der Waals surface area contributed by atoms with Gasteiger partial charge in [0.1, 0.15) is 12.1 Å². The van der Waals surface area contributed by atoms with Gasteiger partial charge in [0.25, 0.3) is 5.91 Å². The number of carbonyl (C=O) groups excluding carboxylic acids is 3. The van der Waals surface area contributed by atoms with E-state index in [-0.39, 0.29) is 24.9 Å². The average molecular weight is 255 g/mol. The standard InChI is InChI=1S/C12H21N3O3/c1-5-13-8(2)6-10(17)15-7-9(16)14-11(18)12(15,3)4/h8,13H,5-7H2,1-4H3,(H,14,16,18). The number of nitrogens with zero attached hydrogens (tertiary/aromatic N) is 1. The fraction of sp³-hybridized carbons (Fsp3) is 0.750. The van der Waals surface area contributed by atoms with Crippen molar-refractivity contribution in [2.45, 2.75) is 45.7 Å². The quantitative estimate of drug-likeness (QED) is 0.672. The Balaban J connectivity index is 2.76. The van der Waals surface area contributed by atoms with Crippen LogP contribution in [-0.4, -0.2) is 47.3 Å². The van der Waals surface area contributed by atoms with Gasteiger partial charge in [-0.1, -0.05) is 6.92 Å². The van der Waals surface area contributed by atoms with Crippen molar-refractivity contribution < 1.29 is 14.4 Å². The van der Waals surface area contributed by atoms with E-state index < -0.39 is 17.4 Å². The molecule has 1 rings (SSSR count). The number of nitrogens with one attached hydrogen (secondary N) is 2. The van der Waals surface area contributed by atoms with Gasteiger partial charge in [0.15, 0.2) is 0 Å². The first-order chi connectivity index (χ1) is 8.28. The minimum absolute atomic E-state index is 0.0263. The number of amides is 3. The lowest BCUT2D eigenvalue weighted by Gasteiger charge is -2.40. The molecule has 1 aliphatic rings. The molecule has 1 atom stereocenters. The molecule has 0 spiro atoms.